The highest BCUT2D eigenvalue weighted by Crippen LogP contribution is 2.17. The van der Waals surface area contributed by atoms with Crippen LogP contribution in [-0.4, -0.2) is 47.2 Å². The summed E-state index contributed by atoms with van der Waals surface area (Å²) in [7, 11) is 1.66. The van der Waals surface area contributed by atoms with E-state index in [0.29, 0.717) is 0 Å². The van der Waals surface area contributed by atoms with Crippen molar-refractivity contribution in [2.24, 2.45) is 0 Å². The lowest BCUT2D eigenvalue weighted by Crippen LogP contribution is -2.27. The molecular formula is C19H38O5. The van der Waals surface area contributed by atoms with Crippen molar-refractivity contribution in [2.45, 2.75) is 102 Å². The van der Waals surface area contributed by atoms with Crippen LogP contribution < -0.4 is 0 Å². The second kappa shape index (κ2) is 17.2. The lowest BCUT2D eigenvalue weighted by atomic mass is 9.99. The van der Waals surface area contributed by atoms with Crippen LogP contribution >= 0.6 is 0 Å². The fraction of sp³-hybridized carbons (Fsp3) is 0.947. The Balaban J connectivity index is 3.55. The number of aliphatic carboxylic acids is 1. The van der Waals surface area contributed by atoms with E-state index in [0.717, 1.165) is 77.0 Å². The SMILES string of the molecule is COC(CCCCCCCC(=O)O)C(O)CCCCCCCCO. The first-order valence-electron chi connectivity index (χ1n) is 9.65. The normalized spacial score (nSPS) is 13.8. The number of aliphatic hydroxyl groups excluding tert-OH is 2. The molecule has 0 aromatic rings. The van der Waals surface area contributed by atoms with Crippen molar-refractivity contribution >= 4 is 5.97 Å². The van der Waals surface area contributed by atoms with E-state index >= 15 is 0 Å². The predicted octanol–water partition coefficient (Wildman–Crippen LogP) is 3.90. The van der Waals surface area contributed by atoms with E-state index in [1.54, 1.807) is 7.11 Å². The van der Waals surface area contributed by atoms with Crippen LogP contribution in [0.3, 0.4) is 0 Å². The smallest absolute Gasteiger partial charge is 0.303 e. The highest BCUT2D eigenvalue weighted by atomic mass is 16.5. The lowest BCUT2D eigenvalue weighted by molar-refractivity contribution is -0.137. The van der Waals surface area contributed by atoms with Gasteiger partial charge in [-0.1, -0.05) is 57.8 Å². The van der Waals surface area contributed by atoms with E-state index in [1.165, 1.54) is 6.42 Å². The number of unbranched alkanes of at least 4 members (excludes halogenated alkanes) is 9. The maximum atomic E-state index is 10.4. The van der Waals surface area contributed by atoms with Crippen LogP contribution in [0.2, 0.25) is 0 Å². The van der Waals surface area contributed by atoms with Gasteiger partial charge in [0.25, 0.3) is 0 Å². The van der Waals surface area contributed by atoms with E-state index in [9.17, 15) is 9.90 Å². The second-order valence-corrected chi connectivity index (χ2v) is 6.68. The maximum absolute atomic E-state index is 10.4. The summed E-state index contributed by atoms with van der Waals surface area (Å²) in [5.41, 5.74) is 0. The van der Waals surface area contributed by atoms with Gasteiger partial charge >= 0.3 is 5.97 Å². The van der Waals surface area contributed by atoms with Gasteiger partial charge in [0, 0.05) is 20.1 Å². The first-order valence-corrected chi connectivity index (χ1v) is 9.65. The van der Waals surface area contributed by atoms with Gasteiger partial charge in [0.05, 0.1) is 12.2 Å². The van der Waals surface area contributed by atoms with E-state index in [2.05, 4.69) is 0 Å². The fourth-order valence-corrected chi connectivity index (χ4v) is 2.98. The average Bonchev–Trinajstić information content (AvgIpc) is 2.56. The van der Waals surface area contributed by atoms with Crippen molar-refractivity contribution < 1.29 is 24.9 Å². The summed E-state index contributed by atoms with van der Waals surface area (Å²) >= 11 is 0. The molecule has 2 unspecified atom stereocenters. The monoisotopic (exact) mass is 346 g/mol. The van der Waals surface area contributed by atoms with Gasteiger partial charge < -0.3 is 20.1 Å². The molecular weight excluding hydrogens is 308 g/mol. The van der Waals surface area contributed by atoms with Crippen LogP contribution in [0, 0.1) is 0 Å². The minimum atomic E-state index is -0.717. The van der Waals surface area contributed by atoms with Gasteiger partial charge in [-0.25, -0.2) is 0 Å². The summed E-state index contributed by atoms with van der Waals surface area (Å²) in [6.07, 6.45) is 12.8. The quantitative estimate of drug-likeness (QED) is 0.328. The number of ether oxygens (including phenoxy) is 1. The average molecular weight is 347 g/mol. The van der Waals surface area contributed by atoms with Crippen LogP contribution in [0.15, 0.2) is 0 Å². The van der Waals surface area contributed by atoms with E-state index in [-0.39, 0.29) is 25.2 Å². The Morgan fingerprint density at radius 3 is 1.88 bits per heavy atom. The second-order valence-electron chi connectivity index (χ2n) is 6.68. The number of carboxylic acid groups (broad SMARTS) is 1. The molecule has 0 saturated heterocycles. The number of carbonyl (C=O) groups is 1. The number of rotatable bonds is 18. The van der Waals surface area contributed by atoms with Crippen molar-refractivity contribution in [3.05, 3.63) is 0 Å². The highest BCUT2D eigenvalue weighted by Gasteiger charge is 2.17. The molecule has 0 radical (unpaired) electrons. The zero-order chi connectivity index (χ0) is 18.0. The fourth-order valence-electron chi connectivity index (χ4n) is 2.98. The van der Waals surface area contributed by atoms with E-state index in [1.807, 2.05) is 0 Å². The lowest BCUT2D eigenvalue weighted by Gasteiger charge is -2.21. The molecule has 0 aromatic heterocycles. The Kier molecular flexibility index (Phi) is 16.7. The van der Waals surface area contributed by atoms with E-state index in [4.69, 9.17) is 14.9 Å². The van der Waals surface area contributed by atoms with Crippen molar-refractivity contribution in [2.75, 3.05) is 13.7 Å². The third-order valence-corrected chi connectivity index (χ3v) is 4.52. The zero-order valence-electron chi connectivity index (χ0n) is 15.4. The number of carboxylic acids is 1. The Morgan fingerprint density at radius 1 is 0.833 bits per heavy atom. The molecule has 0 amide bonds. The third kappa shape index (κ3) is 14.9. The summed E-state index contributed by atoms with van der Waals surface area (Å²) in [6, 6.07) is 0. The topological polar surface area (TPSA) is 87.0 Å². The largest absolute Gasteiger partial charge is 0.481 e. The molecule has 0 bridgehead atoms. The Bertz CT molecular complexity index is 283. The van der Waals surface area contributed by atoms with Gasteiger partial charge in [0.2, 0.25) is 0 Å². The van der Waals surface area contributed by atoms with Crippen LogP contribution in [-0.2, 0) is 9.53 Å². The molecule has 0 spiro atoms. The van der Waals surface area contributed by atoms with Gasteiger partial charge in [-0.3, -0.25) is 4.79 Å². The third-order valence-electron chi connectivity index (χ3n) is 4.52. The minimum absolute atomic E-state index is 0.0848. The molecule has 5 heteroatoms. The first kappa shape index (κ1) is 23.4. The van der Waals surface area contributed by atoms with E-state index < -0.39 is 5.97 Å². The molecule has 0 aliphatic carbocycles. The van der Waals surface area contributed by atoms with Crippen molar-refractivity contribution in [1.82, 2.24) is 0 Å². The predicted molar refractivity (Wildman–Crippen MR) is 96.2 cm³/mol. The number of aliphatic hydroxyl groups is 2. The molecule has 3 N–H and O–H groups in total. The summed E-state index contributed by atoms with van der Waals surface area (Å²) < 4.78 is 5.43. The minimum Gasteiger partial charge on any atom is -0.481 e. The molecule has 0 fully saturated rings. The standard InChI is InChI=1S/C19H38O5/c1-24-18(14-10-6-4-7-11-15-19(22)23)17(21)13-9-5-2-3-8-12-16-20/h17-18,20-21H,2-16H2,1H3,(H,22,23). The summed E-state index contributed by atoms with van der Waals surface area (Å²) in [6.45, 7) is 0.286. The van der Waals surface area contributed by atoms with Gasteiger partial charge in [-0.15, -0.1) is 0 Å². The molecule has 0 heterocycles. The Labute approximate surface area is 147 Å². The molecule has 0 saturated carbocycles. The summed E-state index contributed by atoms with van der Waals surface area (Å²) in [5.74, 6) is -0.717. The van der Waals surface area contributed by atoms with Crippen LogP contribution in [0.25, 0.3) is 0 Å². The number of hydrogen-bond acceptors (Lipinski definition) is 4. The summed E-state index contributed by atoms with van der Waals surface area (Å²) in [4.78, 5) is 10.4. The van der Waals surface area contributed by atoms with Crippen molar-refractivity contribution in [3.8, 4) is 0 Å². The number of methoxy groups -OCH3 is 1. The Morgan fingerprint density at radius 2 is 1.33 bits per heavy atom. The van der Waals surface area contributed by atoms with Gasteiger partial charge in [0.15, 0.2) is 0 Å². The Hall–Kier alpha value is -0.650. The molecule has 5 nitrogen and oxygen atoms in total. The van der Waals surface area contributed by atoms with Crippen molar-refractivity contribution in [1.29, 1.82) is 0 Å². The highest BCUT2D eigenvalue weighted by molar-refractivity contribution is 5.66. The zero-order valence-corrected chi connectivity index (χ0v) is 15.4. The number of hydrogen-bond donors (Lipinski definition) is 3. The maximum Gasteiger partial charge on any atom is 0.303 e. The van der Waals surface area contributed by atoms with Crippen molar-refractivity contribution in [3.63, 3.8) is 0 Å². The molecule has 24 heavy (non-hydrogen) atoms. The molecule has 0 aromatic carbocycles. The van der Waals surface area contributed by atoms with Gasteiger partial charge in [-0.2, -0.15) is 0 Å². The summed E-state index contributed by atoms with van der Waals surface area (Å²) in [5, 5.41) is 27.5. The molecule has 0 rings (SSSR count). The van der Waals surface area contributed by atoms with Crippen LogP contribution in [0.4, 0.5) is 0 Å². The van der Waals surface area contributed by atoms with Gasteiger partial charge in [-0.05, 0) is 25.7 Å². The molecule has 0 aliphatic rings. The molecule has 144 valence electrons. The molecule has 0 aliphatic heterocycles. The van der Waals surface area contributed by atoms with Crippen LogP contribution in [0.1, 0.15) is 89.9 Å². The first-order chi connectivity index (χ1) is 11.6. The van der Waals surface area contributed by atoms with Crippen LogP contribution in [0.5, 0.6) is 0 Å². The van der Waals surface area contributed by atoms with Gasteiger partial charge in [0.1, 0.15) is 0 Å². The molecule has 2 atom stereocenters.